The summed E-state index contributed by atoms with van der Waals surface area (Å²) >= 11 is 1.65. The summed E-state index contributed by atoms with van der Waals surface area (Å²) in [6.45, 7) is 1.95. The first-order valence-electron chi connectivity index (χ1n) is 6.70. The molecule has 1 amide bonds. The molecule has 0 unspecified atom stereocenters. The van der Waals surface area contributed by atoms with Crippen LogP contribution < -0.4 is 10.0 Å². The van der Waals surface area contributed by atoms with E-state index in [0.717, 1.165) is 12.7 Å². The Morgan fingerprint density at radius 2 is 2.14 bits per heavy atom. The molecule has 0 spiro atoms. The molecule has 22 heavy (non-hydrogen) atoms. The van der Waals surface area contributed by atoms with E-state index in [4.69, 9.17) is 4.42 Å². The third kappa shape index (κ3) is 5.28. The number of hydrogen-bond donors (Lipinski definition) is 2. The zero-order valence-corrected chi connectivity index (χ0v) is 14.0. The van der Waals surface area contributed by atoms with Crippen molar-refractivity contribution in [3.8, 4) is 0 Å². The van der Waals surface area contributed by atoms with Gasteiger partial charge in [-0.1, -0.05) is 6.07 Å². The summed E-state index contributed by atoms with van der Waals surface area (Å²) in [7, 11) is -3.29. The topological polar surface area (TPSA) is 88.4 Å². The summed E-state index contributed by atoms with van der Waals surface area (Å²) in [5, 5.41) is 4.85. The van der Waals surface area contributed by atoms with E-state index in [-0.39, 0.29) is 24.3 Å². The average Bonchev–Trinajstić information content (AvgIpc) is 3.05. The molecule has 6 nitrogen and oxygen atoms in total. The number of rotatable bonds is 7. The van der Waals surface area contributed by atoms with Crippen LogP contribution >= 0.6 is 11.3 Å². The molecule has 0 radical (unpaired) electrons. The highest BCUT2D eigenvalue weighted by Crippen LogP contribution is 2.12. The predicted octanol–water partition coefficient (Wildman–Crippen LogP) is 1.75. The van der Waals surface area contributed by atoms with Gasteiger partial charge in [-0.2, -0.15) is 0 Å². The van der Waals surface area contributed by atoms with Gasteiger partial charge in [0.15, 0.2) is 5.76 Å². The summed E-state index contributed by atoms with van der Waals surface area (Å²) in [6.07, 6.45) is 1.82. The highest BCUT2D eigenvalue weighted by molar-refractivity contribution is 7.88. The van der Waals surface area contributed by atoms with Crippen LogP contribution in [0.15, 0.2) is 34.1 Å². The Hall–Kier alpha value is -1.64. The zero-order chi connectivity index (χ0) is 16.2. The number of hydrogen-bond acceptors (Lipinski definition) is 5. The minimum Gasteiger partial charge on any atom is -0.455 e. The lowest BCUT2D eigenvalue weighted by Crippen LogP contribution is -2.33. The van der Waals surface area contributed by atoms with Crippen molar-refractivity contribution in [2.45, 2.75) is 25.9 Å². The first-order chi connectivity index (χ1) is 10.3. The molecular formula is C14H18N2O4S2. The number of thiophene rings is 1. The van der Waals surface area contributed by atoms with Crippen molar-refractivity contribution in [3.63, 3.8) is 0 Å². The predicted molar refractivity (Wildman–Crippen MR) is 85.3 cm³/mol. The molecule has 2 rings (SSSR count). The SMILES string of the molecule is C[C@@H](Cc1cccs1)NC(=O)c1ccc(CNS(C)(=O)=O)o1. The van der Waals surface area contributed by atoms with E-state index >= 15 is 0 Å². The van der Waals surface area contributed by atoms with Gasteiger partial charge in [-0.05, 0) is 30.5 Å². The van der Waals surface area contributed by atoms with Gasteiger partial charge in [0.05, 0.1) is 12.8 Å². The third-order valence-corrected chi connectivity index (χ3v) is 4.43. The summed E-state index contributed by atoms with van der Waals surface area (Å²) < 4.78 is 29.7. The van der Waals surface area contributed by atoms with Gasteiger partial charge in [-0.15, -0.1) is 11.3 Å². The van der Waals surface area contributed by atoms with Crippen LogP contribution in [0.5, 0.6) is 0 Å². The number of carbonyl (C=O) groups is 1. The Labute approximate surface area is 133 Å². The standard InChI is InChI=1S/C14H18N2O4S2/c1-10(8-12-4-3-7-21-12)16-14(17)13-6-5-11(20-13)9-15-22(2,18)19/h3-7,10,15H,8-9H2,1-2H3,(H,16,17)/t10-/m0/s1. The molecule has 2 N–H and O–H groups in total. The maximum atomic E-state index is 12.1. The van der Waals surface area contributed by atoms with E-state index in [1.54, 1.807) is 17.4 Å². The van der Waals surface area contributed by atoms with E-state index in [0.29, 0.717) is 5.76 Å². The highest BCUT2D eigenvalue weighted by Gasteiger charge is 2.15. The Balaban J connectivity index is 1.88. The van der Waals surface area contributed by atoms with Crippen LogP contribution in [0.25, 0.3) is 0 Å². The quantitative estimate of drug-likeness (QED) is 0.802. The number of nitrogens with one attached hydrogen (secondary N) is 2. The van der Waals surface area contributed by atoms with Gasteiger partial charge in [0.25, 0.3) is 5.91 Å². The van der Waals surface area contributed by atoms with Crippen molar-refractivity contribution in [2.24, 2.45) is 0 Å². The molecular weight excluding hydrogens is 324 g/mol. The number of furan rings is 1. The van der Waals surface area contributed by atoms with Crippen LogP contribution in [0.2, 0.25) is 0 Å². The Morgan fingerprint density at radius 1 is 1.36 bits per heavy atom. The van der Waals surface area contributed by atoms with Crippen LogP contribution in [-0.4, -0.2) is 26.6 Å². The molecule has 0 fully saturated rings. The van der Waals surface area contributed by atoms with Crippen molar-refractivity contribution in [1.29, 1.82) is 0 Å². The smallest absolute Gasteiger partial charge is 0.287 e. The van der Waals surface area contributed by atoms with E-state index in [9.17, 15) is 13.2 Å². The van der Waals surface area contributed by atoms with Crippen molar-refractivity contribution >= 4 is 27.3 Å². The monoisotopic (exact) mass is 342 g/mol. The fourth-order valence-electron chi connectivity index (χ4n) is 1.87. The minimum atomic E-state index is -3.29. The number of sulfonamides is 1. The lowest BCUT2D eigenvalue weighted by Gasteiger charge is -2.11. The van der Waals surface area contributed by atoms with E-state index in [2.05, 4.69) is 10.0 Å². The van der Waals surface area contributed by atoms with Crippen LogP contribution in [0.3, 0.4) is 0 Å². The summed E-state index contributed by atoms with van der Waals surface area (Å²) in [5.41, 5.74) is 0. The number of amides is 1. The highest BCUT2D eigenvalue weighted by atomic mass is 32.2. The average molecular weight is 342 g/mol. The zero-order valence-electron chi connectivity index (χ0n) is 12.3. The van der Waals surface area contributed by atoms with Crippen LogP contribution in [0.4, 0.5) is 0 Å². The van der Waals surface area contributed by atoms with Crippen molar-refractivity contribution in [2.75, 3.05) is 6.26 Å². The van der Waals surface area contributed by atoms with Gasteiger partial charge in [-0.25, -0.2) is 13.1 Å². The Morgan fingerprint density at radius 3 is 2.77 bits per heavy atom. The maximum Gasteiger partial charge on any atom is 0.287 e. The van der Waals surface area contributed by atoms with E-state index in [1.807, 2.05) is 24.4 Å². The van der Waals surface area contributed by atoms with Gasteiger partial charge < -0.3 is 9.73 Å². The third-order valence-electron chi connectivity index (χ3n) is 2.86. The molecule has 8 heteroatoms. The first kappa shape index (κ1) is 16.7. The molecule has 0 saturated carbocycles. The Kier molecular flexibility index (Phi) is 5.38. The van der Waals surface area contributed by atoms with Gasteiger partial charge in [0, 0.05) is 17.3 Å². The fraction of sp³-hybridized carbons (Fsp3) is 0.357. The summed E-state index contributed by atoms with van der Waals surface area (Å²) in [5.74, 6) is 0.250. The van der Waals surface area contributed by atoms with Gasteiger partial charge in [0.2, 0.25) is 10.0 Å². The lowest BCUT2D eigenvalue weighted by atomic mass is 10.2. The van der Waals surface area contributed by atoms with Crippen LogP contribution in [0, 0.1) is 0 Å². The second-order valence-corrected chi connectivity index (χ2v) is 7.88. The summed E-state index contributed by atoms with van der Waals surface area (Å²) in [6, 6.07) is 7.09. The molecule has 2 heterocycles. The molecule has 120 valence electrons. The van der Waals surface area contributed by atoms with Gasteiger partial charge in [0.1, 0.15) is 5.76 Å². The van der Waals surface area contributed by atoms with E-state index < -0.39 is 10.0 Å². The Bertz CT molecular complexity index is 720. The van der Waals surface area contributed by atoms with Crippen molar-refractivity contribution < 1.29 is 17.6 Å². The minimum absolute atomic E-state index is 0.0196. The second kappa shape index (κ2) is 7.08. The fourth-order valence-corrected chi connectivity index (χ4v) is 3.11. The molecule has 0 aliphatic carbocycles. The normalized spacial score (nSPS) is 13.0. The molecule has 0 aliphatic heterocycles. The molecule has 2 aromatic rings. The molecule has 2 aromatic heterocycles. The maximum absolute atomic E-state index is 12.1. The second-order valence-electron chi connectivity index (χ2n) is 5.02. The summed E-state index contributed by atoms with van der Waals surface area (Å²) in [4.78, 5) is 13.3. The lowest BCUT2D eigenvalue weighted by molar-refractivity contribution is 0.0910. The molecule has 0 aliphatic rings. The largest absolute Gasteiger partial charge is 0.455 e. The number of carbonyl (C=O) groups excluding carboxylic acids is 1. The van der Waals surface area contributed by atoms with E-state index in [1.165, 1.54) is 10.9 Å². The van der Waals surface area contributed by atoms with Gasteiger partial charge in [-0.3, -0.25) is 4.79 Å². The van der Waals surface area contributed by atoms with Gasteiger partial charge >= 0.3 is 0 Å². The van der Waals surface area contributed by atoms with Crippen LogP contribution in [-0.2, 0) is 23.0 Å². The molecule has 0 saturated heterocycles. The molecule has 0 bridgehead atoms. The van der Waals surface area contributed by atoms with Crippen molar-refractivity contribution in [1.82, 2.24) is 10.0 Å². The van der Waals surface area contributed by atoms with Crippen LogP contribution in [0.1, 0.15) is 28.1 Å². The molecule has 1 atom stereocenters. The first-order valence-corrected chi connectivity index (χ1v) is 9.47. The van der Waals surface area contributed by atoms with Crippen molar-refractivity contribution in [3.05, 3.63) is 46.0 Å². The molecule has 0 aromatic carbocycles.